The molecule has 0 saturated heterocycles. The minimum Gasteiger partial charge on any atom is -0.496 e. The number of aromatic nitrogens is 3. The van der Waals surface area contributed by atoms with E-state index in [9.17, 15) is 4.79 Å². The van der Waals surface area contributed by atoms with E-state index in [0.29, 0.717) is 17.9 Å². The van der Waals surface area contributed by atoms with Crippen LogP contribution in [0.1, 0.15) is 48.0 Å². The Balaban J connectivity index is 1.42. The molecule has 1 aliphatic carbocycles. The lowest BCUT2D eigenvalue weighted by Gasteiger charge is -2.20. The van der Waals surface area contributed by atoms with Crippen LogP contribution in [0.2, 0.25) is 0 Å². The predicted molar refractivity (Wildman–Crippen MR) is 134 cm³/mol. The number of hydrogen-bond acceptors (Lipinski definition) is 7. The molecule has 2 aromatic heterocycles. The van der Waals surface area contributed by atoms with Crippen LogP contribution in [0.5, 0.6) is 5.75 Å². The van der Waals surface area contributed by atoms with Crippen molar-refractivity contribution in [1.29, 1.82) is 0 Å². The maximum absolute atomic E-state index is 12.0. The Hall–Kier alpha value is -3.68. The molecule has 3 N–H and O–H groups in total. The average molecular weight is 461 g/mol. The highest BCUT2D eigenvalue weighted by Crippen LogP contribution is 2.31. The van der Waals surface area contributed by atoms with Crippen LogP contribution in [0.4, 0.5) is 11.6 Å². The van der Waals surface area contributed by atoms with Crippen molar-refractivity contribution < 1.29 is 9.53 Å². The number of nitrogens with zero attached hydrogens (tertiary/aromatic N) is 3. The number of amides is 1. The van der Waals surface area contributed by atoms with E-state index in [1.807, 2.05) is 36.5 Å². The number of methoxy groups -OCH3 is 1. The van der Waals surface area contributed by atoms with Gasteiger partial charge in [-0.3, -0.25) is 4.79 Å². The van der Waals surface area contributed by atoms with E-state index < -0.39 is 0 Å². The molecular weight excluding hydrogens is 428 g/mol. The van der Waals surface area contributed by atoms with Crippen molar-refractivity contribution >= 4 is 17.5 Å². The van der Waals surface area contributed by atoms with E-state index in [-0.39, 0.29) is 11.8 Å². The van der Waals surface area contributed by atoms with E-state index in [1.165, 1.54) is 12.8 Å². The van der Waals surface area contributed by atoms with Gasteiger partial charge < -0.3 is 20.7 Å². The number of hydrogen-bond donors (Lipinski definition) is 3. The summed E-state index contributed by atoms with van der Waals surface area (Å²) in [6.45, 7) is 3.80. The van der Waals surface area contributed by atoms with E-state index in [1.54, 1.807) is 26.6 Å². The minimum atomic E-state index is -0.134. The van der Waals surface area contributed by atoms with Crippen LogP contribution < -0.4 is 20.7 Å². The topological polar surface area (TPSA) is 101 Å². The van der Waals surface area contributed by atoms with Crippen LogP contribution in [-0.2, 0) is 0 Å². The van der Waals surface area contributed by atoms with Crippen molar-refractivity contribution in [3.63, 3.8) is 0 Å². The number of ether oxygens (including phenoxy) is 1. The molecule has 1 aromatic carbocycles. The molecular formula is C26H32N6O2. The summed E-state index contributed by atoms with van der Waals surface area (Å²) < 4.78 is 5.59. The van der Waals surface area contributed by atoms with Gasteiger partial charge in [0, 0.05) is 49.4 Å². The first kappa shape index (κ1) is 23.5. The molecule has 1 atom stereocenters. The summed E-state index contributed by atoms with van der Waals surface area (Å²) in [5.41, 5.74) is 3.40. The Kier molecular flexibility index (Phi) is 7.57. The molecule has 1 amide bonds. The third kappa shape index (κ3) is 5.81. The first-order chi connectivity index (χ1) is 16.6. The van der Waals surface area contributed by atoms with Crippen LogP contribution in [-0.4, -0.2) is 48.1 Å². The highest BCUT2D eigenvalue weighted by atomic mass is 16.5. The van der Waals surface area contributed by atoms with Gasteiger partial charge in [-0.15, -0.1) is 0 Å². The van der Waals surface area contributed by atoms with E-state index >= 15 is 0 Å². The molecule has 0 radical (unpaired) electrons. The molecule has 34 heavy (non-hydrogen) atoms. The standard InChI is InChI=1S/C26H32N6O2/c1-4-18(21-9-7-19(26(33)27-2)11-23(21)34-3)14-30-25-12-22(31-16-32-25)20-8-10-24(29-15-20)28-13-17-5-6-17/h7-12,15-18H,4-6,13-14H2,1-3H3,(H,27,33)(H,28,29)(H,30,31,32). The van der Waals surface area contributed by atoms with Crippen LogP contribution >= 0.6 is 0 Å². The summed E-state index contributed by atoms with van der Waals surface area (Å²) in [6.07, 6.45) is 6.94. The maximum Gasteiger partial charge on any atom is 0.251 e. The molecule has 178 valence electrons. The number of nitrogens with one attached hydrogen (secondary N) is 3. The van der Waals surface area contributed by atoms with Gasteiger partial charge in [-0.25, -0.2) is 15.0 Å². The second-order valence-corrected chi connectivity index (χ2v) is 8.57. The summed E-state index contributed by atoms with van der Waals surface area (Å²) >= 11 is 0. The molecule has 4 rings (SSSR count). The maximum atomic E-state index is 12.0. The molecule has 8 nitrogen and oxygen atoms in total. The molecule has 8 heteroatoms. The van der Waals surface area contributed by atoms with Crippen LogP contribution in [0.25, 0.3) is 11.3 Å². The average Bonchev–Trinajstić information content (AvgIpc) is 3.72. The first-order valence-electron chi connectivity index (χ1n) is 11.8. The summed E-state index contributed by atoms with van der Waals surface area (Å²) in [5.74, 6) is 3.21. The third-order valence-corrected chi connectivity index (χ3v) is 6.18. The van der Waals surface area contributed by atoms with Gasteiger partial charge in [0.2, 0.25) is 0 Å². The van der Waals surface area contributed by atoms with Gasteiger partial charge in [0.15, 0.2) is 0 Å². The molecule has 0 bridgehead atoms. The van der Waals surface area contributed by atoms with Crippen molar-refractivity contribution in [2.24, 2.45) is 5.92 Å². The minimum absolute atomic E-state index is 0.134. The van der Waals surface area contributed by atoms with Gasteiger partial charge in [0.1, 0.15) is 23.7 Å². The lowest BCUT2D eigenvalue weighted by Crippen LogP contribution is -2.18. The molecule has 1 aliphatic rings. The second-order valence-electron chi connectivity index (χ2n) is 8.57. The van der Waals surface area contributed by atoms with E-state index in [4.69, 9.17) is 4.74 Å². The predicted octanol–water partition coefficient (Wildman–Crippen LogP) is 4.33. The molecule has 0 spiro atoms. The van der Waals surface area contributed by atoms with E-state index in [0.717, 1.165) is 47.3 Å². The molecule has 2 heterocycles. The Morgan fingerprint density at radius 1 is 1.09 bits per heavy atom. The monoisotopic (exact) mass is 460 g/mol. The molecule has 3 aromatic rings. The van der Waals surface area contributed by atoms with Crippen molar-refractivity contribution in [1.82, 2.24) is 20.3 Å². The van der Waals surface area contributed by atoms with Crippen molar-refractivity contribution in [3.8, 4) is 17.0 Å². The number of carbonyl (C=O) groups is 1. The van der Waals surface area contributed by atoms with Gasteiger partial charge in [-0.05, 0) is 55.0 Å². The lowest BCUT2D eigenvalue weighted by atomic mass is 9.94. The zero-order valence-corrected chi connectivity index (χ0v) is 20.0. The fourth-order valence-corrected chi connectivity index (χ4v) is 3.87. The summed E-state index contributed by atoms with van der Waals surface area (Å²) in [7, 11) is 3.25. The van der Waals surface area contributed by atoms with E-state index in [2.05, 4.69) is 37.8 Å². The number of carbonyl (C=O) groups excluding carboxylic acids is 1. The largest absolute Gasteiger partial charge is 0.496 e. The molecule has 1 saturated carbocycles. The Morgan fingerprint density at radius 3 is 2.62 bits per heavy atom. The van der Waals surface area contributed by atoms with Crippen LogP contribution in [0.15, 0.2) is 48.9 Å². The van der Waals surface area contributed by atoms with Crippen molar-refractivity contribution in [3.05, 3.63) is 60.0 Å². The summed E-state index contributed by atoms with van der Waals surface area (Å²) in [6, 6.07) is 11.5. The zero-order valence-electron chi connectivity index (χ0n) is 20.0. The second kappa shape index (κ2) is 11.0. The third-order valence-electron chi connectivity index (χ3n) is 6.18. The highest BCUT2D eigenvalue weighted by Gasteiger charge is 2.20. The number of benzene rings is 1. The lowest BCUT2D eigenvalue weighted by molar-refractivity contribution is 0.0962. The van der Waals surface area contributed by atoms with Gasteiger partial charge in [-0.2, -0.15) is 0 Å². The number of pyridine rings is 1. The first-order valence-corrected chi connectivity index (χ1v) is 11.8. The number of anilines is 2. The Labute approximate surface area is 200 Å². The fourth-order valence-electron chi connectivity index (χ4n) is 3.87. The highest BCUT2D eigenvalue weighted by molar-refractivity contribution is 5.94. The summed E-state index contributed by atoms with van der Waals surface area (Å²) in [5, 5.41) is 9.47. The van der Waals surface area contributed by atoms with Crippen molar-refractivity contribution in [2.75, 3.05) is 37.9 Å². The van der Waals surface area contributed by atoms with Gasteiger partial charge >= 0.3 is 0 Å². The zero-order chi connectivity index (χ0) is 23.9. The van der Waals surface area contributed by atoms with Crippen LogP contribution in [0.3, 0.4) is 0 Å². The van der Waals surface area contributed by atoms with Crippen molar-refractivity contribution in [2.45, 2.75) is 32.1 Å². The van der Waals surface area contributed by atoms with Crippen LogP contribution in [0, 0.1) is 5.92 Å². The molecule has 1 unspecified atom stereocenters. The quantitative estimate of drug-likeness (QED) is 0.391. The van der Waals surface area contributed by atoms with Gasteiger partial charge in [0.25, 0.3) is 5.91 Å². The number of rotatable bonds is 11. The van der Waals surface area contributed by atoms with Gasteiger partial charge in [0.05, 0.1) is 12.8 Å². The SMILES string of the molecule is CCC(CNc1cc(-c2ccc(NCC3CC3)nc2)ncn1)c1ccc(C(=O)NC)cc1OC. The normalized spacial score (nSPS) is 13.7. The fraction of sp³-hybridized carbons (Fsp3) is 0.385. The van der Waals surface area contributed by atoms with Gasteiger partial charge in [-0.1, -0.05) is 13.0 Å². The molecule has 0 aliphatic heterocycles. The molecule has 1 fully saturated rings. The Bertz CT molecular complexity index is 1110. The smallest absolute Gasteiger partial charge is 0.251 e. The summed E-state index contributed by atoms with van der Waals surface area (Å²) in [4.78, 5) is 25.3. The Morgan fingerprint density at radius 2 is 1.94 bits per heavy atom.